The van der Waals surface area contributed by atoms with Crippen molar-refractivity contribution < 1.29 is 23.7 Å². The van der Waals surface area contributed by atoms with Crippen LogP contribution in [0, 0.1) is 0 Å². The predicted octanol–water partition coefficient (Wildman–Crippen LogP) is 8.38. The highest BCUT2D eigenvalue weighted by molar-refractivity contribution is 6.30. The van der Waals surface area contributed by atoms with E-state index in [4.69, 9.17) is 30.5 Å². The van der Waals surface area contributed by atoms with Crippen molar-refractivity contribution in [3.63, 3.8) is 0 Å². The first-order valence-corrected chi connectivity index (χ1v) is 12.1. The van der Waals surface area contributed by atoms with Gasteiger partial charge in [-0.15, -0.1) is 0 Å². The molecule has 0 N–H and O–H groups in total. The van der Waals surface area contributed by atoms with Gasteiger partial charge in [-0.2, -0.15) is 0 Å². The van der Waals surface area contributed by atoms with Crippen LogP contribution in [0.5, 0.6) is 34.5 Å². The minimum atomic E-state index is -0.216. The van der Waals surface area contributed by atoms with Gasteiger partial charge in [0.2, 0.25) is 0 Å². The standard InChI is InChI=1S/C30H27ClO5/c1-3-21-18-27(15-12-22(21)13-17-30(32)33-2)34-25-10-7-11-26(20-25)36-28-16-14-23(31)19-29(28)35-24-8-5-4-6-9-24/h4-12,14-16,18-20H,3,13,17H2,1-2H3. The number of carbonyl (C=O) groups is 1. The molecule has 0 radical (unpaired) electrons. The largest absolute Gasteiger partial charge is 0.469 e. The zero-order valence-corrected chi connectivity index (χ0v) is 21.0. The SMILES string of the molecule is CCc1cc(Oc2cccc(Oc3ccc(Cl)cc3Oc3ccccc3)c2)ccc1CCC(=O)OC. The molecule has 0 heterocycles. The molecule has 0 unspecified atom stereocenters. The van der Waals surface area contributed by atoms with Gasteiger partial charge in [0.05, 0.1) is 7.11 Å². The second-order valence-corrected chi connectivity index (χ2v) is 8.48. The van der Waals surface area contributed by atoms with Crippen LogP contribution in [0.25, 0.3) is 0 Å². The fourth-order valence-corrected chi connectivity index (χ4v) is 3.87. The summed E-state index contributed by atoms with van der Waals surface area (Å²) in [7, 11) is 1.40. The van der Waals surface area contributed by atoms with E-state index in [9.17, 15) is 4.79 Å². The molecule has 0 amide bonds. The van der Waals surface area contributed by atoms with Crippen LogP contribution in [0.2, 0.25) is 5.02 Å². The number of rotatable bonds is 10. The van der Waals surface area contributed by atoms with E-state index in [2.05, 4.69) is 6.92 Å². The number of benzene rings is 4. The highest BCUT2D eigenvalue weighted by Gasteiger charge is 2.11. The van der Waals surface area contributed by atoms with E-state index in [0.29, 0.717) is 52.4 Å². The highest BCUT2D eigenvalue weighted by atomic mass is 35.5. The van der Waals surface area contributed by atoms with Crippen molar-refractivity contribution in [3.05, 3.63) is 107 Å². The van der Waals surface area contributed by atoms with Crippen LogP contribution in [0.3, 0.4) is 0 Å². The molecule has 0 aliphatic heterocycles. The molecule has 0 bridgehead atoms. The highest BCUT2D eigenvalue weighted by Crippen LogP contribution is 2.38. The Morgan fingerprint density at radius 1 is 0.694 bits per heavy atom. The lowest BCUT2D eigenvalue weighted by Gasteiger charge is -2.14. The second kappa shape index (κ2) is 12.1. The Kier molecular flexibility index (Phi) is 8.48. The van der Waals surface area contributed by atoms with Crippen LogP contribution < -0.4 is 14.2 Å². The van der Waals surface area contributed by atoms with E-state index in [0.717, 1.165) is 17.5 Å². The topological polar surface area (TPSA) is 54.0 Å². The normalized spacial score (nSPS) is 10.5. The molecule has 6 heteroatoms. The number of para-hydroxylation sites is 1. The first kappa shape index (κ1) is 25.1. The fourth-order valence-electron chi connectivity index (χ4n) is 3.70. The predicted molar refractivity (Wildman–Crippen MR) is 141 cm³/mol. The van der Waals surface area contributed by atoms with E-state index in [1.54, 1.807) is 18.2 Å². The molecule has 0 aliphatic rings. The Bertz CT molecular complexity index is 1320. The van der Waals surface area contributed by atoms with E-state index in [1.165, 1.54) is 7.11 Å². The van der Waals surface area contributed by atoms with Crippen molar-refractivity contribution in [1.82, 2.24) is 0 Å². The van der Waals surface area contributed by atoms with E-state index in [-0.39, 0.29) is 5.97 Å². The van der Waals surface area contributed by atoms with E-state index in [1.807, 2.05) is 72.8 Å². The van der Waals surface area contributed by atoms with Gasteiger partial charge < -0.3 is 18.9 Å². The third kappa shape index (κ3) is 6.80. The Morgan fingerprint density at radius 3 is 2.14 bits per heavy atom. The summed E-state index contributed by atoms with van der Waals surface area (Å²) < 4.78 is 23.0. The first-order chi connectivity index (χ1) is 17.5. The number of esters is 1. The number of aryl methyl sites for hydroxylation is 2. The summed E-state index contributed by atoms with van der Waals surface area (Å²) in [6.07, 6.45) is 1.81. The van der Waals surface area contributed by atoms with Gasteiger partial charge >= 0.3 is 5.97 Å². The van der Waals surface area contributed by atoms with Crippen LogP contribution >= 0.6 is 11.6 Å². The first-order valence-electron chi connectivity index (χ1n) is 11.7. The molecule has 4 aromatic carbocycles. The molecule has 4 aromatic rings. The fraction of sp³-hybridized carbons (Fsp3) is 0.167. The quantitative estimate of drug-likeness (QED) is 0.204. The molecule has 0 saturated carbocycles. The van der Waals surface area contributed by atoms with Crippen molar-refractivity contribution in [2.75, 3.05) is 7.11 Å². The molecule has 4 rings (SSSR count). The number of ether oxygens (including phenoxy) is 4. The Morgan fingerprint density at radius 2 is 1.39 bits per heavy atom. The summed E-state index contributed by atoms with van der Waals surface area (Å²) in [5.41, 5.74) is 2.24. The summed E-state index contributed by atoms with van der Waals surface area (Å²) >= 11 is 6.20. The molecule has 36 heavy (non-hydrogen) atoms. The third-order valence-electron chi connectivity index (χ3n) is 5.53. The number of carbonyl (C=O) groups excluding carboxylic acids is 1. The number of hydrogen-bond acceptors (Lipinski definition) is 5. The lowest BCUT2D eigenvalue weighted by molar-refractivity contribution is -0.140. The summed E-state index contributed by atoms with van der Waals surface area (Å²) in [5.74, 6) is 3.45. The molecule has 0 aromatic heterocycles. The van der Waals surface area contributed by atoms with Gasteiger partial charge in [-0.3, -0.25) is 4.79 Å². The molecule has 0 spiro atoms. The summed E-state index contributed by atoms with van der Waals surface area (Å²) in [6, 6.07) is 28.0. The van der Waals surface area contributed by atoms with Gasteiger partial charge in [0.1, 0.15) is 23.0 Å². The van der Waals surface area contributed by atoms with Crippen LogP contribution in [-0.4, -0.2) is 13.1 Å². The number of halogens is 1. The molecule has 0 fully saturated rings. The maximum absolute atomic E-state index is 11.5. The maximum atomic E-state index is 11.5. The van der Waals surface area contributed by atoms with E-state index < -0.39 is 0 Å². The van der Waals surface area contributed by atoms with Crippen LogP contribution in [0.15, 0.2) is 91.0 Å². The average molecular weight is 503 g/mol. The van der Waals surface area contributed by atoms with Gasteiger partial charge in [-0.1, -0.05) is 48.9 Å². The third-order valence-corrected chi connectivity index (χ3v) is 5.77. The molecular weight excluding hydrogens is 476 g/mol. The lowest BCUT2D eigenvalue weighted by Crippen LogP contribution is -2.03. The van der Waals surface area contributed by atoms with Crippen molar-refractivity contribution in [3.8, 4) is 34.5 Å². The molecule has 184 valence electrons. The number of hydrogen-bond donors (Lipinski definition) is 0. The van der Waals surface area contributed by atoms with Crippen molar-refractivity contribution >= 4 is 17.6 Å². The molecular formula is C30H27ClO5. The van der Waals surface area contributed by atoms with Crippen molar-refractivity contribution in [1.29, 1.82) is 0 Å². The van der Waals surface area contributed by atoms with Gasteiger partial charge in [-0.25, -0.2) is 0 Å². The average Bonchev–Trinajstić information content (AvgIpc) is 2.90. The van der Waals surface area contributed by atoms with Crippen LogP contribution in [0.4, 0.5) is 0 Å². The molecule has 0 saturated heterocycles. The van der Waals surface area contributed by atoms with Gasteiger partial charge in [0, 0.05) is 23.6 Å². The van der Waals surface area contributed by atoms with Gasteiger partial charge in [0.15, 0.2) is 11.5 Å². The number of methoxy groups -OCH3 is 1. The Labute approximate surface area is 216 Å². The minimum Gasteiger partial charge on any atom is -0.469 e. The maximum Gasteiger partial charge on any atom is 0.305 e. The summed E-state index contributed by atoms with van der Waals surface area (Å²) in [6.45, 7) is 2.08. The van der Waals surface area contributed by atoms with E-state index >= 15 is 0 Å². The Hall–Kier alpha value is -3.96. The zero-order chi connectivity index (χ0) is 25.3. The van der Waals surface area contributed by atoms with Crippen molar-refractivity contribution in [2.24, 2.45) is 0 Å². The monoisotopic (exact) mass is 502 g/mol. The molecule has 0 atom stereocenters. The van der Waals surface area contributed by atoms with Gasteiger partial charge in [-0.05, 0) is 72.5 Å². The van der Waals surface area contributed by atoms with Crippen LogP contribution in [0.1, 0.15) is 24.5 Å². The summed E-state index contributed by atoms with van der Waals surface area (Å²) in [5, 5.41) is 0.548. The lowest BCUT2D eigenvalue weighted by atomic mass is 10.0. The minimum absolute atomic E-state index is 0.216. The summed E-state index contributed by atoms with van der Waals surface area (Å²) in [4.78, 5) is 11.5. The molecule has 5 nitrogen and oxygen atoms in total. The van der Waals surface area contributed by atoms with Gasteiger partial charge in [0.25, 0.3) is 0 Å². The van der Waals surface area contributed by atoms with Crippen molar-refractivity contribution in [2.45, 2.75) is 26.2 Å². The Balaban J connectivity index is 1.49. The zero-order valence-electron chi connectivity index (χ0n) is 20.2. The second-order valence-electron chi connectivity index (χ2n) is 8.05. The molecule has 0 aliphatic carbocycles. The smallest absolute Gasteiger partial charge is 0.305 e. The van der Waals surface area contributed by atoms with Crippen LogP contribution in [-0.2, 0) is 22.4 Å².